The summed E-state index contributed by atoms with van der Waals surface area (Å²) in [7, 11) is 0. The number of H-pyrrole nitrogens is 1. The molecule has 0 aliphatic heterocycles. The van der Waals surface area contributed by atoms with Gasteiger partial charge in [0.1, 0.15) is 5.92 Å². The summed E-state index contributed by atoms with van der Waals surface area (Å²) in [5, 5.41) is 12.2. The molecule has 0 fully saturated rings. The smallest absolute Gasteiger partial charge is 0.315 e. The Labute approximate surface area is 97.4 Å². The van der Waals surface area contributed by atoms with E-state index in [0.717, 1.165) is 10.9 Å². The van der Waals surface area contributed by atoms with Gasteiger partial charge in [-0.2, -0.15) is 0 Å². The SMILES string of the molecule is CC(C(=O)O)C(=O)Nc1c[nH]c2ccccc12. The first-order valence-electron chi connectivity index (χ1n) is 5.19. The number of aliphatic carboxylic acids is 1. The number of fused-ring (bicyclic) bond motifs is 1. The van der Waals surface area contributed by atoms with Gasteiger partial charge in [-0.25, -0.2) is 0 Å². The third-order valence-electron chi connectivity index (χ3n) is 2.61. The number of amides is 1. The lowest BCUT2D eigenvalue weighted by Gasteiger charge is -2.06. The molecule has 88 valence electrons. The summed E-state index contributed by atoms with van der Waals surface area (Å²) in [4.78, 5) is 25.3. The fourth-order valence-electron chi connectivity index (χ4n) is 1.53. The highest BCUT2D eigenvalue weighted by molar-refractivity contribution is 6.08. The van der Waals surface area contributed by atoms with Crippen molar-refractivity contribution in [1.29, 1.82) is 0 Å². The van der Waals surface area contributed by atoms with Crippen LogP contribution in [0.25, 0.3) is 10.9 Å². The minimum Gasteiger partial charge on any atom is -0.481 e. The molecule has 2 rings (SSSR count). The number of hydrogen-bond donors (Lipinski definition) is 3. The molecule has 1 unspecified atom stereocenters. The third kappa shape index (κ3) is 2.13. The van der Waals surface area contributed by atoms with Gasteiger partial charge in [0.25, 0.3) is 0 Å². The number of carbonyl (C=O) groups is 2. The molecule has 1 aromatic carbocycles. The summed E-state index contributed by atoms with van der Waals surface area (Å²) >= 11 is 0. The molecule has 0 saturated heterocycles. The van der Waals surface area contributed by atoms with Crippen LogP contribution in [-0.4, -0.2) is 22.0 Å². The molecule has 1 aromatic heterocycles. The first kappa shape index (κ1) is 11.2. The molecule has 1 amide bonds. The molecule has 0 aliphatic rings. The number of anilines is 1. The number of carboxylic acids is 1. The number of aromatic amines is 1. The second-order valence-electron chi connectivity index (χ2n) is 3.80. The van der Waals surface area contributed by atoms with E-state index in [1.165, 1.54) is 6.92 Å². The average Bonchev–Trinajstić information content (AvgIpc) is 2.71. The van der Waals surface area contributed by atoms with Gasteiger partial charge in [0.2, 0.25) is 5.91 Å². The zero-order valence-corrected chi connectivity index (χ0v) is 9.23. The molecule has 0 bridgehead atoms. The summed E-state index contributed by atoms with van der Waals surface area (Å²) in [6.07, 6.45) is 1.65. The Morgan fingerprint density at radius 1 is 1.35 bits per heavy atom. The number of carbonyl (C=O) groups excluding carboxylic acids is 1. The van der Waals surface area contributed by atoms with Crippen LogP contribution in [0.3, 0.4) is 0 Å². The van der Waals surface area contributed by atoms with Crippen LogP contribution < -0.4 is 5.32 Å². The van der Waals surface area contributed by atoms with Crippen molar-refractivity contribution in [2.24, 2.45) is 5.92 Å². The number of benzene rings is 1. The van der Waals surface area contributed by atoms with Gasteiger partial charge in [-0.05, 0) is 13.0 Å². The molecular weight excluding hydrogens is 220 g/mol. The van der Waals surface area contributed by atoms with E-state index in [2.05, 4.69) is 10.3 Å². The molecule has 17 heavy (non-hydrogen) atoms. The molecule has 3 N–H and O–H groups in total. The Balaban J connectivity index is 2.24. The summed E-state index contributed by atoms with van der Waals surface area (Å²) in [6, 6.07) is 7.47. The number of rotatable bonds is 3. The van der Waals surface area contributed by atoms with Gasteiger partial charge in [-0.1, -0.05) is 18.2 Å². The highest BCUT2D eigenvalue weighted by Crippen LogP contribution is 2.22. The largest absolute Gasteiger partial charge is 0.481 e. The molecule has 0 saturated carbocycles. The monoisotopic (exact) mass is 232 g/mol. The Morgan fingerprint density at radius 2 is 2.06 bits per heavy atom. The number of aromatic nitrogens is 1. The van der Waals surface area contributed by atoms with E-state index >= 15 is 0 Å². The van der Waals surface area contributed by atoms with Crippen LogP contribution in [0.5, 0.6) is 0 Å². The maximum absolute atomic E-state index is 11.6. The predicted octanol–water partition coefficient (Wildman–Crippen LogP) is 1.83. The van der Waals surface area contributed by atoms with Crippen LogP contribution in [0.2, 0.25) is 0 Å². The Morgan fingerprint density at radius 3 is 2.76 bits per heavy atom. The van der Waals surface area contributed by atoms with E-state index in [4.69, 9.17) is 5.11 Å². The number of carboxylic acid groups (broad SMARTS) is 1. The van der Waals surface area contributed by atoms with Gasteiger partial charge >= 0.3 is 5.97 Å². The van der Waals surface area contributed by atoms with Crippen molar-refractivity contribution >= 4 is 28.5 Å². The van der Waals surface area contributed by atoms with Gasteiger partial charge < -0.3 is 15.4 Å². The second-order valence-corrected chi connectivity index (χ2v) is 3.80. The van der Waals surface area contributed by atoms with Crippen molar-refractivity contribution in [3.05, 3.63) is 30.5 Å². The minimum absolute atomic E-state index is 0.526. The highest BCUT2D eigenvalue weighted by Gasteiger charge is 2.21. The van der Waals surface area contributed by atoms with E-state index in [0.29, 0.717) is 5.69 Å². The standard InChI is InChI=1S/C12H12N2O3/c1-7(12(16)17)11(15)14-10-6-13-9-5-3-2-4-8(9)10/h2-7,13H,1H3,(H,14,15)(H,16,17). The maximum Gasteiger partial charge on any atom is 0.315 e. The zero-order chi connectivity index (χ0) is 12.4. The highest BCUT2D eigenvalue weighted by atomic mass is 16.4. The maximum atomic E-state index is 11.6. The van der Waals surface area contributed by atoms with Crippen molar-refractivity contribution in [3.63, 3.8) is 0 Å². The first-order valence-corrected chi connectivity index (χ1v) is 5.19. The molecule has 1 atom stereocenters. The number of nitrogens with one attached hydrogen (secondary N) is 2. The normalized spacial score (nSPS) is 12.3. The van der Waals surface area contributed by atoms with Crippen LogP contribution in [0.15, 0.2) is 30.5 Å². The van der Waals surface area contributed by atoms with Crippen LogP contribution in [-0.2, 0) is 9.59 Å². The van der Waals surface area contributed by atoms with Crippen molar-refractivity contribution in [2.45, 2.75) is 6.92 Å². The summed E-state index contributed by atoms with van der Waals surface area (Å²) in [5.74, 6) is -2.73. The lowest BCUT2D eigenvalue weighted by atomic mass is 10.1. The van der Waals surface area contributed by atoms with Crippen molar-refractivity contribution in [1.82, 2.24) is 4.98 Å². The average molecular weight is 232 g/mol. The topological polar surface area (TPSA) is 82.2 Å². The third-order valence-corrected chi connectivity index (χ3v) is 2.61. The second kappa shape index (κ2) is 4.29. The van der Waals surface area contributed by atoms with Crippen molar-refractivity contribution < 1.29 is 14.7 Å². The molecule has 1 heterocycles. The molecule has 0 radical (unpaired) electrons. The number of para-hydroxylation sites is 1. The van der Waals surface area contributed by atoms with Crippen molar-refractivity contribution in [2.75, 3.05) is 5.32 Å². The molecule has 5 heteroatoms. The van der Waals surface area contributed by atoms with E-state index < -0.39 is 17.8 Å². The molecular formula is C12H12N2O3. The van der Waals surface area contributed by atoms with E-state index in [1.54, 1.807) is 6.20 Å². The minimum atomic E-state index is -1.14. The van der Waals surface area contributed by atoms with Gasteiger partial charge in [-0.3, -0.25) is 9.59 Å². The first-order chi connectivity index (χ1) is 8.09. The van der Waals surface area contributed by atoms with E-state index in [1.807, 2.05) is 24.3 Å². The fraction of sp³-hybridized carbons (Fsp3) is 0.167. The van der Waals surface area contributed by atoms with E-state index in [-0.39, 0.29) is 0 Å². The molecule has 0 aliphatic carbocycles. The Bertz CT molecular complexity index is 574. The van der Waals surface area contributed by atoms with Gasteiger partial charge in [0.05, 0.1) is 5.69 Å². The van der Waals surface area contributed by atoms with Gasteiger partial charge in [-0.15, -0.1) is 0 Å². The number of hydrogen-bond acceptors (Lipinski definition) is 2. The Kier molecular flexibility index (Phi) is 2.82. The van der Waals surface area contributed by atoms with Crippen LogP contribution >= 0.6 is 0 Å². The molecule has 0 spiro atoms. The predicted molar refractivity (Wildman–Crippen MR) is 63.7 cm³/mol. The van der Waals surface area contributed by atoms with Crippen LogP contribution in [0.1, 0.15) is 6.92 Å². The van der Waals surface area contributed by atoms with Crippen LogP contribution in [0, 0.1) is 5.92 Å². The lowest BCUT2D eigenvalue weighted by molar-refractivity contribution is -0.144. The van der Waals surface area contributed by atoms with Gasteiger partial charge in [0, 0.05) is 17.1 Å². The Hall–Kier alpha value is -2.30. The molecule has 5 nitrogen and oxygen atoms in total. The lowest BCUT2D eigenvalue weighted by Crippen LogP contribution is -2.26. The quantitative estimate of drug-likeness (QED) is 0.706. The summed E-state index contributed by atoms with van der Waals surface area (Å²) < 4.78 is 0. The van der Waals surface area contributed by atoms with E-state index in [9.17, 15) is 9.59 Å². The summed E-state index contributed by atoms with van der Waals surface area (Å²) in [5.41, 5.74) is 1.49. The summed E-state index contributed by atoms with van der Waals surface area (Å²) in [6.45, 7) is 1.35. The molecule has 2 aromatic rings. The van der Waals surface area contributed by atoms with Crippen LogP contribution in [0.4, 0.5) is 5.69 Å². The van der Waals surface area contributed by atoms with Gasteiger partial charge in [0.15, 0.2) is 0 Å². The fourth-order valence-corrected chi connectivity index (χ4v) is 1.53. The zero-order valence-electron chi connectivity index (χ0n) is 9.23. The van der Waals surface area contributed by atoms with Crippen molar-refractivity contribution in [3.8, 4) is 0 Å².